The molecule has 0 saturated carbocycles. The summed E-state index contributed by atoms with van der Waals surface area (Å²) in [6.07, 6.45) is 3.10. The van der Waals surface area contributed by atoms with Crippen LogP contribution in [0.2, 0.25) is 0 Å². The number of allylic oxidation sites excluding steroid dienone is 1. The number of rotatable bonds is 2. The van der Waals surface area contributed by atoms with Crippen LogP contribution in [0.5, 0.6) is 5.75 Å². The molecule has 1 aromatic heterocycles. The number of fused-ring (bicyclic) bond motifs is 1. The van der Waals surface area contributed by atoms with E-state index in [2.05, 4.69) is 4.98 Å². The van der Waals surface area contributed by atoms with Gasteiger partial charge in [-0.05, 0) is 47.5 Å². The molecule has 0 spiro atoms. The zero-order chi connectivity index (χ0) is 17.6. The van der Waals surface area contributed by atoms with Crippen LogP contribution in [0.3, 0.4) is 0 Å². The first-order chi connectivity index (χ1) is 12.0. The second kappa shape index (κ2) is 5.63. The third-order valence-corrected chi connectivity index (χ3v) is 4.10. The monoisotopic (exact) mass is 335 g/mol. The number of Topliss-reactive ketones (excluding diaryl/α,β-unsaturated/α-hetero) is 1. The van der Waals surface area contributed by atoms with Crippen molar-refractivity contribution in [1.29, 1.82) is 0 Å². The topological polar surface area (TPSA) is 50.2 Å². The van der Waals surface area contributed by atoms with Gasteiger partial charge < -0.3 is 5.11 Å². The molecule has 3 aromatic rings. The number of carbonyl (C=O) groups is 1. The standard InChI is InChI=1S/C20H11F2NO2/c21-13-6-12(7-14(22)8-13)18-16-4-3-15(24)9-17(16)20(25)19(18)11-2-1-5-23-10-11/h1-10,24H. The van der Waals surface area contributed by atoms with Crippen molar-refractivity contribution in [2.75, 3.05) is 0 Å². The van der Waals surface area contributed by atoms with E-state index in [-0.39, 0.29) is 17.1 Å². The van der Waals surface area contributed by atoms with Crippen LogP contribution in [-0.4, -0.2) is 15.9 Å². The summed E-state index contributed by atoms with van der Waals surface area (Å²) < 4.78 is 27.5. The number of nitrogens with zero attached hydrogens (tertiary/aromatic N) is 1. The third kappa shape index (κ3) is 2.50. The number of carbonyl (C=O) groups excluding carboxylic acids is 1. The van der Waals surface area contributed by atoms with Crippen molar-refractivity contribution in [3.63, 3.8) is 0 Å². The van der Waals surface area contributed by atoms with Gasteiger partial charge in [0.15, 0.2) is 5.78 Å². The highest BCUT2D eigenvalue weighted by molar-refractivity contribution is 6.41. The average Bonchev–Trinajstić information content (AvgIpc) is 2.87. The summed E-state index contributed by atoms with van der Waals surface area (Å²) in [6, 6.07) is 10.9. The number of hydrogen-bond donors (Lipinski definition) is 1. The SMILES string of the molecule is O=C1C(c2cccnc2)=C(c2cc(F)cc(F)c2)c2ccc(O)cc21. The molecule has 0 atom stereocenters. The maximum atomic E-state index is 13.7. The first kappa shape index (κ1) is 15.2. The molecule has 122 valence electrons. The van der Waals surface area contributed by atoms with Crippen molar-refractivity contribution in [3.8, 4) is 5.75 Å². The number of benzene rings is 2. The molecule has 4 rings (SSSR count). The van der Waals surface area contributed by atoms with E-state index in [0.717, 1.165) is 6.07 Å². The van der Waals surface area contributed by atoms with E-state index in [4.69, 9.17) is 0 Å². The highest BCUT2D eigenvalue weighted by Gasteiger charge is 2.32. The average molecular weight is 335 g/mol. The first-order valence-electron chi connectivity index (χ1n) is 7.54. The summed E-state index contributed by atoms with van der Waals surface area (Å²) in [6.45, 7) is 0. The van der Waals surface area contributed by atoms with E-state index in [1.807, 2.05) is 0 Å². The third-order valence-electron chi connectivity index (χ3n) is 4.10. The molecule has 1 heterocycles. The fourth-order valence-corrected chi connectivity index (χ4v) is 3.11. The van der Waals surface area contributed by atoms with Crippen LogP contribution in [-0.2, 0) is 0 Å². The quantitative estimate of drug-likeness (QED) is 0.763. The molecule has 0 aliphatic heterocycles. The van der Waals surface area contributed by atoms with Gasteiger partial charge in [-0.3, -0.25) is 9.78 Å². The van der Waals surface area contributed by atoms with Gasteiger partial charge in [0.25, 0.3) is 0 Å². The summed E-state index contributed by atoms with van der Waals surface area (Å²) in [5, 5.41) is 9.71. The van der Waals surface area contributed by atoms with Gasteiger partial charge in [-0.25, -0.2) is 8.78 Å². The number of pyridine rings is 1. The Kier molecular flexibility index (Phi) is 3.42. The lowest BCUT2D eigenvalue weighted by Crippen LogP contribution is -1.99. The molecule has 5 heteroatoms. The van der Waals surface area contributed by atoms with Crippen molar-refractivity contribution in [3.05, 3.63) is 94.8 Å². The largest absolute Gasteiger partial charge is 0.508 e. The molecule has 25 heavy (non-hydrogen) atoms. The van der Waals surface area contributed by atoms with Gasteiger partial charge in [0, 0.05) is 40.7 Å². The summed E-state index contributed by atoms with van der Waals surface area (Å²) in [5.74, 6) is -1.83. The van der Waals surface area contributed by atoms with E-state index in [0.29, 0.717) is 27.8 Å². The van der Waals surface area contributed by atoms with Gasteiger partial charge >= 0.3 is 0 Å². The highest BCUT2D eigenvalue weighted by atomic mass is 19.1. The van der Waals surface area contributed by atoms with Crippen LogP contribution >= 0.6 is 0 Å². The Morgan fingerprint density at radius 3 is 2.28 bits per heavy atom. The van der Waals surface area contributed by atoms with Gasteiger partial charge in [-0.1, -0.05) is 6.07 Å². The first-order valence-corrected chi connectivity index (χ1v) is 7.54. The van der Waals surface area contributed by atoms with Crippen LogP contribution in [0.25, 0.3) is 11.1 Å². The van der Waals surface area contributed by atoms with Crippen LogP contribution < -0.4 is 0 Å². The molecule has 0 unspecified atom stereocenters. The molecule has 0 radical (unpaired) electrons. The van der Waals surface area contributed by atoms with Gasteiger partial charge in [0.2, 0.25) is 0 Å². The summed E-state index contributed by atoms with van der Waals surface area (Å²) in [7, 11) is 0. The summed E-state index contributed by atoms with van der Waals surface area (Å²) in [4.78, 5) is 16.9. The molecule has 1 aliphatic rings. The van der Waals surface area contributed by atoms with Crippen molar-refractivity contribution >= 4 is 16.9 Å². The number of phenolic OH excluding ortho intramolecular Hbond substituents is 1. The Morgan fingerprint density at radius 2 is 1.60 bits per heavy atom. The fraction of sp³-hybridized carbons (Fsp3) is 0. The minimum atomic E-state index is -0.729. The minimum absolute atomic E-state index is 0.0516. The summed E-state index contributed by atoms with van der Waals surface area (Å²) >= 11 is 0. The second-order valence-electron chi connectivity index (χ2n) is 5.71. The van der Waals surface area contributed by atoms with Gasteiger partial charge in [-0.2, -0.15) is 0 Å². The van der Waals surface area contributed by atoms with Crippen molar-refractivity contribution in [2.45, 2.75) is 0 Å². The van der Waals surface area contributed by atoms with Crippen LogP contribution in [0, 0.1) is 11.6 Å². The Morgan fingerprint density at radius 1 is 0.840 bits per heavy atom. The molecular formula is C20H11F2NO2. The maximum absolute atomic E-state index is 13.7. The summed E-state index contributed by atoms with van der Waals surface area (Å²) in [5.41, 5.74) is 2.34. The van der Waals surface area contributed by atoms with E-state index < -0.39 is 11.6 Å². The Bertz CT molecular complexity index is 1020. The molecule has 0 amide bonds. The number of halogens is 2. The van der Waals surface area contributed by atoms with Gasteiger partial charge in [0.1, 0.15) is 17.4 Å². The zero-order valence-corrected chi connectivity index (χ0v) is 12.8. The van der Waals surface area contributed by atoms with Crippen molar-refractivity contribution < 1.29 is 18.7 Å². The van der Waals surface area contributed by atoms with Crippen molar-refractivity contribution in [1.82, 2.24) is 4.98 Å². The lowest BCUT2D eigenvalue weighted by Gasteiger charge is -2.09. The fourth-order valence-electron chi connectivity index (χ4n) is 3.11. The lowest BCUT2D eigenvalue weighted by molar-refractivity contribution is 0.105. The molecular weight excluding hydrogens is 324 g/mol. The highest BCUT2D eigenvalue weighted by Crippen LogP contribution is 2.43. The number of aromatic nitrogens is 1. The number of aromatic hydroxyl groups is 1. The number of ketones is 1. The van der Waals surface area contributed by atoms with E-state index in [1.165, 1.54) is 30.5 Å². The predicted molar refractivity (Wildman–Crippen MR) is 88.9 cm³/mol. The maximum Gasteiger partial charge on any atom is 0.195 e. The molecule has 1 N–H and O–H groups in total. The molecule has 0 fully saturated rings. The number of hydrogen-bond acceptors (Lipinski definition) is 3. The second-order valence-corrected chi connectivity index (χ2v) is 5.71. The van der Waals surface area contributed by atoms with E-state index in [1.54, 1.807) is 24.4 Å². The zero-order valence-electron chi connectivity index (χ0n) is 12.8. The Hall–Kier alpha value is -3.34. The van der Waals surface area contributed by atoms with Crippen LogP contribution in [0.15, 0.2) is 60.9 Å². The minimum Gasteiger partial charge on any atom is -0.508 e. The Labute approximate surface area is 141 Å². The van der Waals surface area contributed by atoms with Gasteiger partial charge in [0.05, 0.1) is 0 Å². The van der Waals surface area contributed by atoms with Crippen LogP contribution in [0.4, 0.5) is 8.78 Å². The number of phenols is 1. The van der Waals surface area contributed by atoms with Crippen molar-refractivity contribution in [2.24, 2.45) is 0 Å². The van der Waals surface area contributed by atoms with Crippen LogP contribution in [0.1, 0.15) is 27.0 Å². The molecule has 0 saturated heterocycles. The predicted octanol–water partition coefficient (Wildman–Crippen LogP) is 4.22. The molecule has 2 aromatic carbocycles. The lowest BCUT2D eigenvalue weighted by atomic mass is 9.95. The molecule has 3 nitrogen and oxygen atoms in total. The molecule has 1 aliphatic carbocycles. The smallest absolute Gasteiger partial charge is 0.195 e. The molecule has 0 bridgehead atoms. The van der Waals surface area contributed by atoms with Gasteiger partial charge in [-0.15, -0.1) is 0 Å². The van der Waals surface area contributed by atoms with E-state index in [9.17, 15) is 18.7 Å². The Balaban J connectivity index is 2.06. The normalized spacial score (nSPS) is 13.3. The van der Waals surface area contributed by atoms with E-state index >= 15 is 0 Å².